The zero-order valence-electron chi connectivity index (χ0n) is 71.5. The van der Waals surface area contributed by atoms with Gasteiger partial charge in [0.25, 0.3) is 0 Å². The van der Waals surface area contributed by atoms with E-state index in [1.807, 2.05) is 0 Å². The summed E-state index contributed by atoms with van der Waals surface area (Å²) < 4.78 is 69.1. The van der Waals surface area contributed by atoms with Crippen LogP contribution in [0.15, 0.2) is 0 Å². The van der Waals surface area contributed by atoms with E-state index in [1.165, 1.54) is 327 Å². The van der Waals surface area contributed by atoms with Gasteiger partial charge in [0.05, 0.1) is 26.4 Å². The van der Waals surface area contributed by atoms with Gasteiger partial charge in [-0.2, -0.15) is 0 Å². The lowest BCUT2D eigenvalue weighted by Crippen LogP contribution is -2.30. The molecule has 0 aliphatic carbocycles. The smallest absolute Gasteiger partial charge is 0.462 e. The number of ether oxygens (including phenoxy) is 4. The fourth-order valence-electron chi connectivity index (χ4n) is 14.2. The Balaban J connectivity index is 5.24. The Bertz CT molecular complexity index is 2050. The van der Waals surface area contributed by atoms with Crippen LogP contribution in [0.5, 0.6) is 0 Å². The highest BCUT2D eigenvalue weighted by Crippen LogP contribution is 2.45. The van der Waals surface area contributed by atoms with Crippen molar-refractivity contribution in [2.45, 2.75) is 515 Å². The molecule has 0 saturated carbocycles. The average molecular weight is 1590 g/mol. The first kappa shape index (κ1) is 107. The molecule has 2 unspecified atom stereocenters. The summed E-state index contributed by atoms with van der Waals surface area (Å²) in [6.45, 7) is 5.09. The Morgan fingerprint density at radius 2 is 0.367 bits per heavy atom. The first-order valence-electron chi connectivity index (χ1n) is 46.8. The summed E-state index contributed by atoms with van der Waals surface area (Å²) in [5.41, 5.74) is 0. The van der Waals surface area contributed by atoms with Gasteiger partial charge in [0.15, 0.2) is 12.2 Å². The van der Waals surface area contributed by atoms with Crippen LogP contribution in [-0.2, 0) is 65.4 Å². The van der Waals surface area contributed by atoms with Gasteiger partial charge in [-0.3, -0.25) is 37.3 Å². The molecule has 0 bridgehead atoms. The second-order valence-electron chi connectivity index (χ2n) is 32.3. The topological polar surface area (TPSA) is 237 Å². The lowest BCUT2D eigenvalue weighted by atomic mass is 10.0. The van der Waals surface area contributed by atoms with Gasteiger partial charge in [0, 0.05) is 25.7 Å². The molecule has 648 valence electrons. The number of hydrogen-bond acceptors (Lipinski definition) is 15. The van der Waals surface area contributed by atoms with E-state index in [-0.39, 0.29) is 25.7 Å². The highest BCUT2D eigenvalue weighted by molar-refractivity contribution is 7.47. The molecule has 0 aromatic rings. The Morgan fingerprint density at radius 1 is 0.220 bits per heavy atom. The molecular formula is C90H176O17P2. The van der Waals surface area contributed by atoms with E-state index in [0.29, 0.717) is 25.7 Å². The molecule has 3 N–H and O–H groups in total. The molecule has 0 aliphatic rings. The minimum atomic E-state index is -4.97. The number of aliphatic hydroxyl groups is 1. The summed E-state index contributed by atoms with van der Waals surface area (Å²) in [6.07, 6.45) is 80.6. The quantitative estimate of drug-likeness (QED) is 0.0222. The first-order chi connectivity index (χ1) is 53.2. The number of unbranched alkanes of at least 4 members (excludes halogenated alkanes) is 65. The lowest BCUT2D eigenvalue weighted by Gasteiger charge is -2.21. The number of carbonyl (C=O) groups excluding carboxylic acids is 4. The standard InChI is InChI=1S/C90H176O17P2/c1-5-9-13-17-21-25-29-33-36-39-41-42-43-44-47-50-53-57-61-65-69-73-77-90(95)107-86(81-101-88(93)75-71-67-63-59-55-51-48-46-40-37-34-30-26-22-18-14-10-6-2)83-105-109(98,99)103-79-84(91)78-102-108(96,97)104-82-85(80-100-87(92)74-70-66-62-58-54-32-28-24-20-16-12-8-4)106-89(94)76-72-68-64-60-56-52-49-45-38-35-31-27-23-19-15-11-7-3/h84-86,91H,5-83H2,1-4H3,(H,96,97)(H,98,99)/t84-,85+,86+/m0/s1. The van der Waals surface area contributed by atoms with E-state index in [1.54, 1.807) is 0 Å². The summed E-state index contributed by atoms with van der Waals surface area (Å²) in [6, 6.07) is 0. The molecule has 0 amide bonds. The van der Waals surface area contributed by atoms with E-state index >= 15 is 0 Å². The third-order valence-corrected chi connectivity index (χ3v) is 23.3. The number of esters is 4. The van der Waals surface area contributed by atoms with Crippen LogP contribution >= 0.6 is 15.6 Å². The number of carbonyl (C=O) groups is 4. The van der Waals surface area contributed by atoms with E-state index in [4.69, 9.17) is 37.0 Å². The molecule has 0 aromatic heterocycles. The molecule has 0 radical (unpaired) electrons. The fraction of sp³-hybridized carbons (Fsp3) is 0.956. The molecule has 0 fully saturated rings. The molecule has 17 nitrogen and oxygen atoms in total. The maximum Gasteiger partial charge on any atom is 0.472 e. The predicted molar refractivity (Wildman–Crippen MR) is 451 cm³/mol. The van der Waals surface area contributed by atoms with Crippen molar-refractivity contribution < 1.29 is 80.2 Å². The third kappa shape index (κ3) is 83.8. The zero-order chi connectivity index (χ0) is 79.6. The van der Waals surface area contributed by atoms with Gasteiger partial charge in [-0.05, 0) is 25.7 Å². The van der Waals surface area contributed by atoms with Crippen LogP contribution in [0.25, 0.3) is 0 Å². The van der Waals surface area contributed by atoms with Gasteiger partial charge in [0.2, 0.25) is 0 Å². The minimum Gasteiger partial charge on any atom is -0.462 e. The van der Waals surface area contributed by atoms with Gasteiger partial charge < -0.3 is 33.8 Å². The summed E-state index contributed by atoms with van der Waals surface area (Å²) in [5.74, 6) is -2.09. The Labute approximate surface area is 670 Å². The lowest BCUT2D eigenvalue weighted by molar-refractivity contribution is -0.161. The summed E-state index contributed by atoms with van der Waals surface area (Å²) >= 11 is 0. The van der Waals surface area contributed by atoms with Crippen LogP contribution in [0, 0.1) is 0 Å². The number of hydrogen-bond donors (Lipinski definition) is 3. The average Bonchev–Trinajstić information content (AvgIpc) is 0.905. The second kappa shape index (κ2) is 84.0. The summed E-state index contributed by atoms with van der Waals surface area (Å²) in [5, 5.41) is 10.7. The van der Waals surface area contributed by atoms with E-state index in [2.05, 4.69) is 27.7 Å². The van der Waals surface area contributed by atoms with Crippen molar-refractivity contribution in [3.05, 3.63) is 0 Å². The highest BCUT2D eigenvalue weighted by Gasteiger charge is 2.30. The van der Waals surface area contributed by atoms with Crippen molar-refractivity contribution in [2.24, 2.45) is 0 Å². The van der Waals surface area contributed by atoms with E-state index in [9.17, 15) is 43.2 Å². The van der Waals surface area contributed by atoms with E-state index in [0.717, 1.165) is 89.9 Å². The van der Waals surface area contributed by atoms with Crippen molar-refractivity contribution >= 4 is 39.5 Å². The first-order valence-corrected chi connectivity index (χ1v) is 49.8. The van der Waals surface area contributed by atoms with Crippen LogP contribution < -0.4 is 0 Å². The van der Waals surface area contributed by atoms with Crippen LogP contribution in [0.1, 0.15) is 496 Å². The molecule has 109 heavy (non-hydrogen) atoms. The molecule has 19 heteroatoms. The van der Waals surface area contributed by atoms with Crippen molar-refractivity contribution in [3.8, 4) is 0 Å². The molecular weight excluding hydrogens is 1410 g/mol. The molecule has 0 heterocycles. The van der Waals surface area contributed by atoms with Crippen molar-refractivity contribution in [3.63, 3.8) is 0 Å². The molecule has 0 rings (SSSR count). The largest absolute Gasteiger partial charge is 0.472 e. The maximum atomic E-state index is 13.2. The monoisotopic (exact) mass is 1590 g/mol. The van der Waals surface area contributed by atoms with Crippen LogP contribution in [-0.4, -0.2) is 96.7 Å². The number of rotatable bonds is 91. The molecule has 0 aromatic carbocycles. The van der Waals surface area contributed by atoms with Gasteiger partial charge in [-0.25, -0.2) is 9.13 Å². The highest BCUT2D eigenvalue weighted by atomic mass is 31.2. The van der Waals surface area contributed by atoms with Crippen molar-refractivity contribution in [2.75, 3.05) is 39.6 Å². The van der Waals surface area contributed by atoms with Gasteiger partial charge in [0.1, 0.15) is 19.3 Å². The molecule has 0 saturated heterocycles. The Hall–Kier alpha value is -1.94. The maximum absolute atomic E-state index is 13.2. The van der Waals surface area contributed by atoms with Crippen molar-refractivity contribution in [1.82, 2.24) is 0 Å². The summed E-state index contributed by atoms with van der Waals surface area (Å²) in [4.78, 5) is 73.4. The Kier molecular flexibility index (Phi) is 82.5. The third-order valence-electron chi connectivity index (χ3n) is 21.4. The molecule has 0 aliphatic heterocycles. The second-order valence-corrected chi connectivity index (χ2v) is 35.3. The van der Waals surface area contributed by atoms with Gasteiger partial charge in [-0.1, -0.05) is 445 Å². The van der Waals surface area contributed by atoms with Crippen LogP contribution in [0.3, 0.4) is 0 Å². The molecule has 0 spiro atoms. The predicted octanol–water partition coefficient (Wildman–Crippen LogP) is 28.1. The minimum absolute atomic E-state index is 0.110. The normalized spacial score (nSPS) is 13.6. The van der Waals surface area contributed by atoms with Crippen molar-refractivity contribution in [1.29, 1.82) is 0 Å². The fourth-order valence-corrected chi connectivity index (χ4v) is 15.8. The SMILES string of the molecule is CCCCCCCCCCCCCCCCCCCCCCCCC(=O)O[C@H](COC(=O)CCCCCCCCCCCCCCCCCCCC)COP(=O)(O)OC[C@@H](O)COP(=O)(O)OC[C@@H](COC(=O)CCCCCCCCCCCCCC)OC(=O)CCCCCCCCCCCCCCCCCCC. The summed E-state index contributed by atoms with van der Waals surface area (Å²) in [7, 11) is -9.93. The number of phosphoric acid groups is 2. The number of aliphatic hydroxyl groups excluding tert-OH is 1. The zero-order valence-corrected chi connectivity index (χ0v) is 73.3. The Morgan fingerprint density at radius 3 is 0.541 bits per heavy atom. The molecule has 5 atom stereocenters. The van der Waals surface area contributed by atoms with Crippen LogP contribution in [0.4, 0.5) is 0 Å². The number of phosphoric ester groups is 2. The van der Waals surface area contributed by atoms with Gasteiger partial charge >= 0.3 is 39.5 Å². The van der Waals surface area contributed by atoms with Crippen LogP contribution in [0.2, 0.25) is 0 Å². The van der Waals surface area contributed by atoms with E-state index < -0.39 is 97.5 Å². The van der Waals surface area contributed by atoms with Gasteiger partial charge in [-0.15, -0.1) is 0 Å².